The molecule has 6 heteroatoms. The lowest BCUT2D eigenvalue weighted by molar-refractivity contribution is 0.0851. The molecular weight excluding hydrogens is 232 g/mol. The third-order valence-electron chi connectivity index (χ3n) is 2.50. The summed E-state index contributed by atoms with van der Waals surface area (Å²) in [6, 6.07) is 0.527. The first-order chi connectivity index (χ1) is 8.67. The van der Waals surface area contributed by atoms with Crippen molar-refractivity contribution in [1.82, 2.24) is 15.5 Å². The number of ether oxygens (including phenoxy) is 1. The van der Waals surface area contributed by atoms with Crippen LogP contribution in [0.1, 0.15) is 46.0 Å². The van der Waals surface area contributed by atoms with Crippen molar-refractivity contribution in [1.29, 1.82) is 0 Å². The normalized spacial score (nSPS) is 14.4. The lowest BCUT2D eigenvalue weighted by Crippen LogP contribution is -2.20. The molecule has 0 spiro atoms. The highest BCUT2D eigenvalue weighted by Gasteiger charge is 2.13. The monoisotopic (exact) mass is 256 g/mol. The second kappa shape index (κ2) is 8.05. The van der Waals surface area contributed by atoms with Gasteiger partial charge in [0.2, 0.25) is 5.89 Å². The Morgan fingerprint density at radius 3 is 2.72 bits per heavy atom. The highest BCUT2D eigenvalue weighted by atomic mass is 16.5. The largest absolute Gasteiger partial charge is 0.406 e. The molecule has 2 unspecified atom stereocenters. The zero-order chi connectivity index (χ0) is 13.4. The Bertz CT molecular complexity index is 330. The molecule has 0 saturated heterocycles. The van der Waals surface area contributed by atoms with Gasteiger partial charge in [0.05, 0.1) is 12.1 Å². The lowest BCUT2D eigenvalue weighted by Gasteiger charge is -2.11. The zero-order valence-corrected chi connectivity index (χ0v) is 11.7. The first-order valence-corrected chi connectivity index (χ1v) is 6.59. The number of hydrogen-bond donors (Lipinski definition) is 2. The third-order valence-corrected chi connectivity index (χ3v) is 2.50. The maximum Gasteiger partial charge on any atom is 0.315 e. The van der Waals surface area contributed by atoms with Crippen LogP contribution in [0.5, 0.6) is 0 Å². The first kappa shape index (κ1) is 14.9. The maximum atomic E-state index is 5.52. The van der Waals surface area contributed by atoms with Crippen molar-refractivity contribution in [2.45, 2.75) is 46.3 Å². The van der Waals surface area contributed by atoms with Crippen molar-refractivity contribution >= 4 is 6.01 Å². The molecule has 1 rings (SSSR count). The van der Waals surface area contributed by atoms with Gasteiger partial charge >= 0.3 is 6.01 Å². The van der Waals surface area contributed by atoms with E-state index in [0.29, 0.717) is 25.1 Å². The van der Waals surface area contributed by atoms with Crippen molar-refractivity contribution in [3.05, 3.63) is 5.89 Å². The smallest absolute Gasteiger partial charge is 0.315 e. The summed E-state index contributed by atoms with van der Waals surface area (Å²) in [4.78, 5) is 0. The third kappa shape index (κ3) is 5.01. The SMILES string of the molecule is CCCNC(C)c1nnc(NCC(C)OCC)o1. The summed E-state index contributed by atoms with van der Waals surface area (Å²) >= 11 is 0. The van der Waals surface area contributed by atoms with Gasteiger partial charge < -0.3 is 19.8 Å². The summed E-state index contributed by atoms with van der Waals surface area (Å²) in [6.07, 6.45) is 1.20. The van der Waals surface area contributed by atoms with Gasteiger partial charge in [-0.25, -0.2) is 0 Å². The molecule has 0 amide bonds. The van der Waals surface area contributed by atoms with E-state index in [1.54, 1.807) is 0 Å². The van der Waals surface area contributed by atoms with Gasteiger partial charge in [0, 0.05) is 13.2 Å². The van der Waals surface area contributed by atoms with E-state index in [9.17, 15) is 0 Å². The van der Waals surface area contributed by atoms with Crippen molar-refractivity contribution in [2.75, 3.05) is 25.0 Å². The van der Waals surface area contributed by atoms with E-state index in [1.165, 1.54) is 0 Å². The van der Waals surface area contributed by atoms with Gasteiger partial charge in [-0.1, -0.05) is 12.0 Å². The summed E-state index contributed by atoms with van der Waals surface area (Å²) in [6.45, 7) is 10.4. The van der Waals surface area contributed by atoms with Gasteiger partial charge in [0.15, 0.2) is 0 Å². The van der Waals surface area contributed by atoms with Gasteiger partial charge in [-0.15, -0.1) is 5.10 Å². The zero-order valence-electron chi connectivity index (χ0n) is 11.7. The van der Waals surface area contributed by atoms with E-state index in [1.807, 2.05) is 20.8 Å². The average Bonchev–Trinajstić information content (AvgIpc) is 2.82. The number of aromatic nitrogens is 2. The summed E-state index contributed by atoms with van der Waals surface area (Å²) in [5, 5.41) is 14.3. The predicted molar refractivity (Wildman–Crippen MR) is 70.6 cm³/mol. The molecule has 0 fully saturated rings. The molecule has 18 heavy (non-hydrogen) atoms. The summed E-state index contributed by atoms with van der Waals surface area (Å²) < 4.78 is 10.9. The van der Waals surface area contributed by atoms with Crippen LogP contribution in [-0.4, -0.2) is 36.0 Å². The molecule has 0 aliphatic heterocycles. The van der Waals surface area contributed by atoms with Gasteiger partial charge in [0.25, 0.3) is 0 Å². The van der Waals surface area contributed by atoms with E-state index in [4.69, 9.17) is 9.15 Å². The Hall–Kier alpha value is -1.14. The van der Waals surface area contributed by atoms with Gasteiger partial charge in [-0.05, 0) is 33.7 Å². The minimum absolute atomic E-state index is 0.0808. The Labute approximate surface area is 108 Å². The predicted octanol–water partition coefficient (Wildman–Crippen LogP) is 1.97. The molecule has 0 aromatic carbocycles. The number of rotatable bonds is 9. The first-order valence-electron chi connectivity index (χ1n) is 6.59. The Balaban J connectivity index is 2.38. The standard InChI is InChI=1S/C12H24N4O2/c1-5-7-13-10(4)11-15-16-12(18-11)14-8-9(3)17-6-2/h9-10,13H,5-8H2,1-4H3,(H,14,16). The molecule has 1 aromatic heterocycles. The Morgan fingerprint density at radius 2 is 2.06 bits per heavy atom. The minimum atomic E-state index is 0.0808. The van der Waals surface area contributed by atoms with Crippen molar-refractivity contribution in [3.8, 4) is 0 Å². The Kier molecular flexibility index (Phi) is 6.67. The quantitative estimate of drug-likeness (QED) is 0.704. The molecular formula is C12H24N4O2. The van der Waals surface area contributed by atoms with Crippen LogP contribution in [0.15, 0.2) is 4.42 Å². The molecule has 0 aliphatic carbocycles. The van der Waals surface area contributed by atoms with Crippen LogP contribution in [-0.2, 0) is 4.74 Å². The highest BCUT2D eigenvalue weighted by molar-refractivity contribution is 5.17. The highest BCUT2D eigenvalue weighted by Crippen LogP contribution is 2.13. The van der Waals surface area contributed by atoms with E-state index >= 15 is 0 Å². The van der Waals surface area contributed by atoms with Gasteiger partial charge in [0.1, 0.15) is 0 Å². The number of hydrogen-bond acceptors (Lipinski definition) is 6. The topological polar surface area (TPSA) is 72.2 Å². The van der Waals surface area contributed by atoms with Crippen LogP contribution in [0.4, 0.5) is 6.01 Å². The summed E-state index contributed by atoms with van der Waals surface area (Å²) in [5.41, 5.74) is 0. The number of nitrogens with zero attached hydrogens (tertiary/aromatic N) is 2. The second-order valence-corrected chi connectivity index (χ2v) is 4.27. The van der Waals surface area contributed by atoms with Crippen LogP contribution < -0.4 is 10.6 Å². The van der Waals surface area contributed by atoms with Gasteiger partial charge in [-0.3, -0.25) is 0 Å². The van der Waals surface area contributed by atoms with Crippen molar-refractivity contribution < 1.29 is 9.15 Å². The van der Waals surface area contributed by atoms with Crippen LogP contribution in [0, 0.1) is 0 Å². The molecule has 1 aromatic rings. The number of anilines is 1. The molecule has 0 bridgehead atoms. The number of nitrogens with one attached hydrogen (secondary N) is 2. The fourth-order valence-electron chi connectivity index (χ4n) is 1.50. The van der Waals surface area contributed by atoms with Gasteiger partial charge in [-0.2, -0.15) is 0 Å². The van der Waals surface area contributed by atoms with Crippen LogP contribution in [0.2, 0.25) is 0 Å². The molecule has 0 aliphatic rings. The average molecular weight is 256 g/mol. The lowest BCUT2D eigenvalue weighted by atomic mass is 10.3. The van der Waals surface area contributed by atoms with E-state index in [0.717, 1.165) is 13.0 Å². The summed E-state index contributed by atoms with van der Waals surface area (Å²) in [5.74, 6) is 0.606. The fourth-order valence-corrected chi connectivity index (χ4v) is 1.50. The molecule has 1 heterocycles. The fraction of sp³-hybridized carbons (Fsp3) is 0.833. The van der Waals surface area contributed by atoms with Crippen LogP contribution in [0.25, 0.3) is 0 Å². The van der Waals surface area contributed by atoms with Crippen LogP contribution in [0.3, 0.4) is 0 Å². The van der Waals surface area contributed by atoms with E-state index in [-0.39, 0.29) is 12.1 Å². The molecule has 2 atom stereocenters. The maximum absolute atomic E-state index is 5.52. The van der Waals surface area contributed by atoms with Crippen molar-refractivity contribution in [3.63, 3.8) is 0 Å². The molecule has 0 radical (unpaired) electrons. The Morgan fingerprint density at radius 1 is 1.28 bits per heavy atom. The second-order valence-electron chi connectivity index (χ2n) is 4.27. The van der Waals surface area contributed by atoms with Crippen molar-refractivity contribution in [2.24, 2.45) is 0 Å². The molecule has 0 saturated carbocycles. The van der Waals surface area contributed by atoms with Crippen LogP contribution >= 0.6 is 0 Å². The molecule has 6 nitrogen and oxygen atoms in total. The minimum Gasteiger partial charge on any atom is -0.406 e. The summed E-state index contributed by atoms with van der Waals surface area (Å²) in [7, 11) is 0. The van der Waals surface area contributed by atoms with E-state index < -0.39 is 0 Å². The van der Waals surface area contributed by atoms with E-state index in [2.05, 4.69) is 27.8 Å². The molecule has 2 N–H and O–H groups in total. The molecule has 104 valence electrons.